The van der Waals surface area contributed by atoms with Crippen molar-refractivity contribution in [3.05, 3.63) is 58.6 Å². The Kier molecular flexibility index (Phi) is 6.99. The molecule has 0 atom stereocenters. The molecule has 0 radical (unpaired) electrons. The van der Waals surface area contributed by atoms with E-state index < -0.39 is 0 Å². The first-order chi connectivity index (χ1) is 14.0. The van der Waals surface area contributed by atoms with Crippen molar-refractivity contribution in [3.63, 3.8) is 0 Å². The van der Waals surface area contributed by atoms with Crippen LogP contribution in [0.5, 0.6) is 0 Å². The van der Waals surface area contributed by atoms with Crippen LogP contribution in [0.1, 0.15) is 37.6 Å². The highest BCUT2D eigenvalue weighted by molar-refractivity contribution is 7.13. The summed E-state index contributed by atoms with van der Waals surface area (Å²) in [5.74, 6) is 2.09. The third-order valence-electron chi connectivity index (χ3n) is 4.60. The van der Waals surface area contributed by atoms with Crippen molar-refractivity contribution in [2.45, 2.75) is 40.5 Å². The largest absolute Gasteiger partial charge is 0.356 e. The Morgan fingerprint density at radius 3 is 2.52 bits per heavy atom. The zero-order chi connectivity index (χ0) is 20.8. The van der Waals surface area contributed by atoms with E-state index in [4.69, 9.17) is 4.98 Å². The van der Waals surface area contributed by atoms with E-state index in [2.05, 4.69) is 36.4 Å². The van der Waals surface area contributed by atoms with E-state index in [1.165, 1.54) is 0 Å². The number of thiophene rings is 1. The average Bonchev–Trinajstić information content (AvgIpc) is 3.22. The van der Waals surface area contributed by atoms with Gasteiger partial charge in [0.2, 0.25) is 5.91 Å². The van der Waals surface area contributed by atoms with E-state index >= 15 is 0 Å². The number of rotatable bonds is 8. The molecule has 3 rings (SSSR count). The van der Waals surface area contributed by atoms with Gasteiger partial charge in [0.25, 0.3) is 0 Å². The summed E-state index contributed by atoms with van der Waals surface area (Å²) >= 11 is 1.64. The second-order valence-electron chi connectivity index (χ2n) is 7.49. The van der Waals surface area contributed by atoms with Gasteiger partial charge in [-0.1, -0.05) is 39.0 Å². The second-order valence-corrected chi connectivity index (χ2v) is 8.43. The molecule has 0 fully saturated rings. The fraction of sp³-hybridized carbons (Fsp3) is 0.348. The van der Waals surface area contributed by atoms with E-state index in [1.807, 2.05) is 48.7 Å². The predicted molar refractivity (Wildman–Crippen MR) is 121 cm³/mol. The second kappa shape index (κ2) is 9.65. The van der Waals surface area contributed by atoms with Crippen LogP contribution in [0.3, 0.4) is 0 Å². The number of aromatic nitrogens is 2. The lowest BCUT2D eigenvalue weighted by atomic mass is 10.1. The first-order valence-corrected chi connectivity index (χ1v) is 10.9. The van der Waals surface area contributed by atoms with Crippen molar-refractivity contribution in [1.29, 1.82) is 0 Å². The topological polar surface area (TPSA) is 66.9 Å². The summed E-state index contributed by atoms with van der Waals surface area (Å²) in [6.45, 7) is 9.02. The molecule has 0 aliphatic heterocycles. The molecule has 3 aromatic rings. The minimum atomic E-state index is 0.0553. The highest BCUT2D eigenvalue weighted by atomic mass is 32.1. The Morgan fingerprint density at radius 1 is 1.14 bits per heavy atom. The van der Waals surface area contributed by atoms with Crippen LogP contribution in [0.2, 0.25) is 0 Å². The van der Waals surface area contributed by atoms with Crippen LogP contribution < -0.4 is 10.6 Å². The van der Waals surface area contributed by atoms with Crippen molar-refractivity contribution >= 4 is 28.7 Å². The van der Waals surface area contributed by atoms with Gasteiger partial charge in [0.1, 0.15) is 5.82 Å². The fourth-order valence-electron chi connectivity index (χ4n) is 3.05. The Morgan fingerprint density at radius 2 is 1.90 bits per heavy atom. The van der Waals surface area contributed by atoms with Gasteiger partial charge >= 0.3 is 0 Å². The maximum atomic E-state index is 12.0. The zero-order valence-corrected chi connectivity index (χ0v) is 18.3. The van der Waals surface area contributed by atoms with Crippen LogP contribution in [0.25, 0.3) is 10.7 Å². The van der Waals surface area contributed by atoms with E-state index in [-0.39, 0.29) is 5.91 Å². The Bertz CT molecular complexity index is 950. The number of carbonyl (C=O) groups excluding carboxylic acids is 1. The standard InChI is InChI=1S/C23H28N4OS/c1-5-19-16(4)25-23(20-7-6-12-29-20)27-22(19)26-18-10-8-17(9-11-18)13-21(28)24-14-15(2)3/h6-12,15H,5,13-14H2,1-4H3,(H,24,28)(H,25,26,27). The molecule has 0 bridgehead atoms. The monoisotopic (exact) mass is 408 g/mol. The predicted octanol–water partition coefficient (Wildman–Crippen LogP) is 5.13. The minimum absolute atomic E-state index is 0.0553. The summed E-state index contributed by atoms with van der Waals surface area (Å²) in [4.78, 5) is 22.5. The number of hydrogen-bond acceptors (Lipinski definition) is 5. The van der Waals surface area contributed by atoms with Crippen molar-refractivity contribution in [2.75, 3.05) is 11.9 Å². The molecule has 0 saturated carbocycles. The summed E-state index contributed by atoms with van der Waals surface area (Å²) in [5.41, 5.74) is 4.04. The summed E-state index contributed by atoms with van der Waals surface area (Å²) in [5, 5.41) is 8.43. The van der Waals surface area contributed by atoms with E-state index in [0.717, 1.165) is 45.4 Å². The van der Waals surface area contributed by atoms with Crippen molar-refractivity contribution in [3.8, 4) is 10.7 Å². The van der Waals surface area contributed by atoms with Crippen LogP contribution in [-0.4, -0.2) is 22.4 Å². The maximum Gasteiger partial charge on any atom is 0.224 e. The third-order valence-corrected chi connectivity index (χ3v) is 5.46. The van der Waals surface area contributed by atoms with E-state index in [1.54, 1.807) is 11.3 Å². The number of amides is 1. The summed E-state index contributed by atoms with van der Waals surface area (Å²) in [6, 6.07) is 12.0. The molecule has 29 heavy (non-hydrogen) atoms. The molecule has 2 N–H and O–H groups in total. The first kappa shape index (κ1) is 21.0. The molecule has 2 heterocycles. The lowest BCUT2D eigenvalue weighted by Crippen LogP contribution is -2.28. The lowest BCUT2D eigenvalue weighted by Gasteiger charge is -2.14. The molecule has 0 saturated heterocycles. The van der Waals surface area contributed by atoms with Crippen molar-refractivity contribution < 1.29 is 4.79 Å². The maximum absolute atomic E-state index is 12.0. The quantitative estimate of drug-likeness (QED) is 0.542. The van der Waals surface area contributed by atoms with Gasteiger partial charge in [-0.05, 0) is 48.4 Å². The van der Waals surface area contributed by atoms with Crippen LogP contribution in [0, 0.1) is 12.8 Å². The Hall–Kier alpha value is -2.73. The van der Waals surface area contributed by atoms with Gasteiger partial charge in [-0.15, -0.1) is 11.3 Å². The van der Waals surface area contributed by atoms with Crippen molar-refractivity contribution in [2.24, 2.45) is 5.92 Å². The van der Waals surface area contributed by atoms with Gasteiger partial charge < -0.3 is 10.6 Å². The Balaban J connectivity index is 1.75. The molecule has 152 valence electrons. The highest BCUT2D eigenvalue weighted by Gasteiger charge is 2.13. The highest BCUT2D eigenvalue weighted by Crippen LogP contribution is 2.27. The third kappa shape index (κ3) is 5.64. The molecule has 2 aromatic heterocycles. The molecule has 0 aliphatic rings. The lowest BCUT2D eigenvalue weighted by molar-refractivity contribution is -0.120. The molecular formula is C23H28N4OS. The molecule has 1 aromatic carbocycles. The fourth-order valence-corrected chi connectivity index (χ4v) is 3.70. The molecule has 0 aliphatic carbocycles. The van der Waals surface area contributed by atoms with Gasteiger partial charge in [-0.25, -0.2) is 9.97 Å². The molecule has 0 unspecified atom stereocenters. The smallest absolute Gasteiger partial charge is 0.224 e. The van der Waals surface area contributed by atoms with E-state index in [9.17, 15) is 4.79 Å². The number of anilines is 2. The summed E-state index contributed by atoms with van der Waals surface area (Å²) < 4.78 is 0. The number of aryl methyl sites for hydroxylation is 1. The van der Waals surface area contributed by atoms with Crippen LogP contribution in [0.15, 0.2) is 41.8 Å². The minimum Gasteiger partial charge on any atom is -0.356 e. The molecule has 5 nitrogen and oxygen atoms in total. The number of nitrogens with one attached hydrogen (secondary N) is 2. The molecular weight excluding hydrogens is 380 g/mol. The van der Waals surface area contributed by atoms with Crippen LogP contribution in [-0.2, 0) is 17.6 Å². The average molecular weight is 409 g/mol. The van der Waals surface area contributed by atoms with Gasteiger partial charge in [-0.2, -0.15) is 0 Å². The SMILES string of the molecule is CCc1c(C)nc(-c2cccs2)nc1Nc1ccc(CC(=O)NCC(C)C)cc1. The normalized spacial score (nSPS) is 10.9. The molecule has 1 amide bonds. The first-order valence-electron chi connectivity index (χ1n) is 10.00. The van der Waals surface area contributed by atoms with Gasteiger partial charge in [0.05, 0.1) is 11.3 Å². The summed E-state index contributed by atoms with van der Waals surface area (Å²) in [7, 11) is 0. The van der Waals surface area contributed by atoms with Crippen LogP contribution >= 0.6 is 11.3 Å². The number of carbonyl (C=O) groups is 1. The summed E-state index contributed by atoms with van der Waals surface area (Å²) in [6.07, 6.45) is 1.25. The molecule has 0 spiro atoms. The number of nitrogens with zero attached hydrogens (tertiary/aromatic N) is 2. The zero-order valence-electron chi connectivity index (χ0n) is 17.5. The van der Waals surface area contributed by atoms with Gasteiger partial charge in [0.15, 0.2) is 5.82 Å². The number of hydrogen-bond donors (Lipinski definition) is 2. The number of benzene rings is 1. The molecule has 6 heteroatoms. The van der Waals surface area contributed by atoms with Gasteiger partial charge in [0, 0.05) is 23.5 Å². The Labute approximate surface area is 176 Å². The van der Waals surface area contributed by atoms with Crippen LogP contribution in [0.4, 0.5) is 11.5 Å². The van der Waals surface area contributed by atoms with E-state index in [0.29, 0.717) is 18.9 Å². The van der Waals surface area contributed by atoms with Gasteiger partial charge in [-0.3, -0.25) is 4.79 Å². The van der Waals surface area contributed by atoms with Crippen molar-refractivity contribution in [1.82, 2.24) is 15.3 Å².